The number of halogens is 2. The number of aromatic nitrogens is 2. The average Bonchev–Trinajstić information content (AvgIpc) is 2.43. The van der Waals surface area contributed by atoms with Crippen LogP contribution in [0, 0.1) is 5.82 Å². The molecule has 1 aromatic carbocycles. The zero-order valence-corrected chi connectivity index (χ0v) is 11.1. The lowest BCUT2D eigenvalue weighted by atomic mass is 10.0. The fourth-order valence-corrected chi connectivity index (χ4v) is 1.78. The first-order chi connectivity index (χ1) is 9.10. The van der Waals surface area contributed by atoms with E-state index in [-0.39, 0.29) is 11.1 Å². The molecule has 4 nitrogen and oxygen atoms in total. The van der Waals surface area contributed by atoms with E-state index in [0.717, 1.165) is 5.56 Å². The van der Waals surface area contributed by atoms with Crippen LogP contribution >= 0.6 is 11.6 Å². The molecule has 100 valence electrons. The molecule has 1 aromatic heterocycles. The van der Waals surface area contributed by atoms with Crippen molar-refractivity contribution in [2.24, 2.45) is 5.73 Å². The van der Waals surface area contributed by atoms with Crippen LogP contribution in [0.25, 0.3) is 0 Å². The molecule has 0 aliphatic carbocycles. The van der Waals surface area contributed by atoms with Crippen LogP contribution in [0.1, 0.15) is 17.3 Å². The summed E-state index contributed by atoms with van der Waals surface area (Å²) in [5, 5.41) is 7.91. The summed E-state index contributed by atoms with van der Waals surface area (Å²) in [6.45, 7) is 0. The van der Waals surface area contributed by atoms with Crippen molar-refractivity contribution in [2.75, 3.05) is 7.11 Å². The Hall–Kier alpha value is -1.72. The SMILES string of the molecule is COc1ccc(C(N)Cc2ccc(Cl)c(F)c2)nn1. The Balaban J connectivity index is 2.10. The van der Waals surface area contributed by atoms with Gasteiger partial charge in [-0.2, -0.15) is 5.10 Å². The Morgan fingerprint density at radius 3 is 2.68 bits per heavy atom. The Morgan fingerprint density at radius 2 is 2.11 bits per heavy atom. The summed E-state index contributed by atoms with van der Waals surface area (Å²) in [4.78, 5) is 0. The van der Waals surface area contributed by atoms with Crippen molar-refractivity contribution >= 4 is 11.6 Å². The molecule has 0 bridgehead atoms. The second-order valence-electron chi connectivity index (χ2n) is 4.06. The molecule has 0 aliphatic rings. The quantitative estimate of drug-likeness (QED) is 0.935. The number of hydrogen-bond acceptors (Lipinski definition) is 4. The van der Waals surface area contributed by atoms with Crippen LogP contribution in [-0.2, 0) is 6.42 Å². The molecule has 2 rings (SSSR count). The third-order valence-electron chi connectivity index (χ3n) is 2.69. The minimum atomic E-state index is -0.452. The van der Waals surface area contributed by atoms with Gasteiger partial charge in [0.05, 0.1) is 23.9 Å². The molecule has 1 unspecified atom stereocenters. The number of nitrogens with zero attached hydrogens (tertiary/aromatic N) is 2. The zero-order valence-electron chi connectivity index (χ0n) is 10.3. The van der Waals surface area contributed by atoms with Crippen LogP contribution in [0.3, 0.4) is 0 Å². The smallest absolute Gasteiger partial charge is 0.233 e. The van der Waals surface area contributed by atoms with Crippen LogP contribution in [0.15, 0.2) is 30.3 Å². The van der Waals surface area contributed by atoms with Crippen LogP contribution in [0.5, 0.6) is 5.88 Å². The molecule has 0 radical (unpaired) electrons. The Labute approximate surface area is 115 Å². The van der Waals surface area contributed by atoms with E-state index in [2.05, 4.69) is 10.2 Å². The maximum Gasteiger partial charge on any atom is 0.233 e. The largest absolute Gasteiger partial charge is 0.480 e. The topological polar surface area (TPSA) is 61.0 Å². The van der Waals surface area contributed by atoms with E-state index < -0.39 is 5.82 Å². The molecule has 6 heteroatoms. The Kier molecular flexibility index (Phi) is 4.29. The highest BCUT2D eigenvalue weighted by molar-refractivity contribution is 6.30. The number of benzene rings is 1. The normalized spacial score (nSPS) is 12.2. The molecular weight excluding hydrogens is 269 g/mol. The van der Waals surface area contributed by atoms with E-state index in [1.54, 1.807) is 18.2 Å². The van der Waals surface area contributed by atoms with Gasteiger partial charge in [0, 0.05) is 6.07 Å². The molecule has 2 N–H and O–H groups in total. The molecule has 0 amide bonds. The monoisotopic (exact) mass is 281 g/mol. The van der Waals surface area contributed by atoms with Crippen molar-refractivity contribution in [2.45, 2.75) is 12.5 Å². The summed E-state index contributed by atoms with van der Waals surface area (Å²) >= 11 is 5.63. The second kappa shape index (κ2) is 5.95. The number of ether oxygens (including phenoxy) is 1. The van der Waals surface area contributed by atoms with Crippen molar-refractivity contribution in [3.63, 3.8) is 0 Å². The molecular formula is C13H13ClFN3O. The maximum absolute atomic E-state index is 13.3. The fraction of sp³-hybridized carbons (Fsp3) is 0.231. The van der Waals surface area contributed by atoms with Gasteiger partial charge in [0.15, 0.2) is 0 Å². The number of hydrogen-bond donors (Lipinski definition) is 1. The van der Waals surface area contributed by atoms with Crippen molar-refractivity contribution in [3.05, 3.63) is 52.4 Å². The summed E-state index contributed by atoms with van der Waals surface area (Å²) in [5.74, 6) is -0.0272. The summed E-state index contributed by atoms with van der Waals surface area (Å²) < 4.78 is 18.2. The second-order valence-corrected chi connectivity index (χ2v) is 4.47. The molecule has 19 heavy (non-hydrogen) atoms. The van der Waals surface area contributed by atoms with Gasteiger partial charge in [0.25, 0.3) is 0 Å². The van der Waals surface area contributed by atoms with Crippen LogP contribution in [-0.4, -0.2) is 17.3 Å². The number of nitrogens with two attached hydrogens (primary N) is 1. The third-order valence-corrected chi connectivity index (χ3v) is 3.00. The fourth-order valence-electron chi connectivity index (χ4n) is 1.66. The standard InChI is InChI=1S/C13H13ClFN3O/c1-19-13-5-4-12(17-18-13)11(16)7-8-2-3-9(14)10(15)6-8/h2-6,11H,7,16H2,1H3. The van der Waals surface area contributed by atoms with Gasteiger partial charge < -0.3 is 10.5 Å². The number of rotatable bonds is 4. The molecule has 0 fully saturated rings. The lowest BCUT2D eigenvalue weighted by Crippen LogP contribution is -2.15. The zero-order chi connectivity index (χ0) is 13.8. The van der Waals surface area contributed by atoms with Crippen molar-refractivity contribution < 1.29 is 9.13 Å². The molecule has 0 saturated heterocycles. The van der Waals surface area contributed by atoms with Gasteiger partial charge in [-0.05, 0) is 30.2 Å². The van der Waals surface area contributed by atoms with Crippen LogP contribution in [0.4, 0.5) is 4.39 Å². The van der Waals surface area contributed by atoms with Gasteiger partial charge >= 0.3 is 0 Å². The van der Waals surface area contributed by atoms with Crippen molar-refractivity contribution in [3.8, 4) is 5.88 Å². The van der Waals surface area contributed by atoms with E-state index in [4.69, 9.17) is 22.1 Å². The Bertz CT molecular complexity index is 562. The number of methoxy groups -OCH3 is 1. The molecule has 0 spiro atoms. The predicted octanol–water partition coefficient (Wildman–Crippen LogP) is 2.52. The summed E-state index contributed by atoms with van der Waals surface area (Å²) in [5.41, 5.74) is 7.39. The van der Waals surface area contributed by atoms with Gasteiger partial charge in [0.1, 0.15) is 5.82 Å². The highest BCUT2D eigenvalue weighted by Gasteiger charge is 2.11. The minimum absolute atomic E-state index is 0.0987. The summed E-state index contributed by atoms with van der Waals surface area (Å²) in [6.07, 6.45) is 0.453. The predicted molar refractivity (Wildman–Crippen MR) is 70.6 cm³/mol. The Morgan fingerprint density at radius 1 is 1.32 bits per heavy atom. The van der Waals surface area contributed by atoms with Gasteiger partial charge in [0.2, 0.25) is 5.88 Å². The molecule has 1 heterocycles. The van der Waals surface area contributed by atoms with Gasteiger partial charge in [-0.15, -0.1) is 5.10 Å². The van der Waals surface area contributed by atoms with Gasteiger partial charge in [-0.3, -0.25) is 0 Å². The van der Waals surface area contributed by atoms with E-state index in [0.29, 0.717) is 18.0 Å². The molecule has 2 aromatic rings. The van der Waals surface area contributed by atoms with E-state index in [1.165, 1.54) is 19.2 Å². The molecule has 0 aliphatic heterocycles. The van der Waals surface area contributed by atoms with Gasteiger partial charge in [-0.25, -0.2) is 4.39 Å². The maximum atomic E-state index is 13.3. The van der Waals surface area contributed by atoms with Crippen LogP contribution in [0.2, 0.25) is 5.02 Å². The average molecular weight is 282 g/mol. The molecule has 1 atom stereocenters. The first-order valence-corrected chi connectivity index (χ1v) is 6.05. The molecule has 0 saturated carbocycles. The lowest BCUT2D eigenvalue weighted by molar-refractivity contribution is 0.390. The van der Waals surface area contributed by atoms with Crippen molar-refractivity contribution in [1.29, 1.82) is 0 Å². The highest BCUT2D eigenvalue weighted by atomic mass is 35.5. The first-order valence-electron chi connectivity index (χ1n) is 5.67. The summed E-state index contributed by atoms with van der Waals surface area (Å²) in [6, 6.07) is 7.69. The van der Waals surface area contributed by atoms with E-state index >= 15 is 0 Å². The lowest BCUT2D eigenvalue weighted by Gasteiger charge is -2.11. The minimum Gasteiger partial charge on any atom is -0.480 e. The van der Waals surface area contributed by atoms with E-state index in [9.17, 15) is 4.39 Å². The first kappa shape index (κ1) is 13.7. The van der Waals surface area contributed by atoms with E-state index in [1.807, 2.05) is 0 Å². The highest BCUT2D eigenvalue weighted by Crippen LogP contribution is 2.19. The third kappa shape index (κ3) is 3.39. The van der Waals surface area contributed by atoms with Crippen molar-refractivity contribution in [1.82, 2.24) is 10.2 Å². The van der Waals surface area contributed by atoms with Crippen LogP contribution < -0.4 is 10.5 Å². The summed E-state index contributed by atoms with van der Waals surface area (Å²) in [7, 11) is 1.51. The van der Waals surface area contributed by atoms with Gasteiger partial charge in [-0.1, -0.05) is 17.7 Å².